The Morgan fingerprint density at radius 3 is 2.53 bits per heavy atom. The van der Waals surface area contributed by atoms with Crippen molar-refractivity contribution in [2.75, 3.05) is 12.3 Å². The van der Waals surface area contributed by atoms with Gasteiger partial charge in [0.2, 0.25) is 10.0 Å². The Hall–Kier alpha value is -0.460. The van der Waals surface area contributed by atoms with Gasteiger partial charge in [-0.05, 0) is 41.4 Å². The Balaban J connectivity index is 3.06. The predicted molar refractivity (Wildman–Crippen MR) is 72.2 cm³/mol. The number of aromatic nitrogens is 1. The van der Waals surface area contributed by atoms with Crippen molar-refractivity contribution in [1.29, 1.82) is 0 Å². The van der Waals surface area contributed by atoms with E-state index in [1.165, 1.54) is 4.31 Å². The van der Waals surface area contributed by atoms with Crippen molar-refractivity contribution < 1.29 is 8.42 Å². The van der Waals surface area contributed by atoms with E-state index >= 15 is 0 Å². The Kier molecular flexibility index (Phi) is 5.09. The fraction of sp³-hybridized carbons (Fsp3) is 0.545. The molecule has 0 aliphatic heterocycles. The lowest BCUT2D eigenvalue weighted by Crippen LogP contribution is -2.34. The summed E-state index contributed by atoms with van der Waals surface area (Å²) >= 11 is 3.34. The molecule has 1 rings (SSSR count). The summed E-state index contributed by atoms with van der Waals surface area (Å²) in [5.41, 5.74) is 0.887. The summed E-state index contributed by atoms with van der Waals surface area (Å²) in [5.74, 6) is 0.118. The van der Waals surface area contributed by atoms with Crippen LogP contribution < -0.4 is 0 Å². The second kappa shape index (κ2) is 5.93. The highest BCUT2D eigenvalue weighted by molar-refractivity contribution is 9.10. The van der Waals surface area contributed by atoms with Gasteiger partial charge < -0.3 is 0 Å². The normalized spacial score (nSPS) is 13.9. The van der Waals surface area contributed by atoms with Crippen molar-refractivity contribution in [2.45, 2.75) is 26.8 Å². The van der Waals surface area contributed by atoms with Gasteiger partial charge in [-0.25, -0.2) is 8.42 Å². The van der Waals surface area contributed by atoms with Crippen molar-refractivity contribution in [3.8, 4) is 0 Å². The lowest BCUT2D eigenvalue weighted by atomic mass is 10.1. The van der Waals surface area contributed by atoms with Gasteiger partial charge in [0.1, 0.15) is 0 Å². The minimum absolute atomic E-state index is 0.118. The molecule has 0 aliphatic rings. The molecule has 1 aromatic heterocycles. The van der Waals surface area contributed by atoms with Crippen LogP contribution in [0.5, 0.6) is 0 Å². The molecule has 0 aliphatic carbocycles. The molecule has 1 heterocycles. The maximum absolute atomic E-state index is 11.9. The summed E-state index contributed by atoms with van der Waals surface area (Å²) in [7, 11) is -3.18. The number of pyridine rings is 1. The maximum Gasteiger partial charge on any atom is 0.214 e. The van der Waals surface area contributed by atoms with Crippen molar-refractivity contribution in [3.05, 3.63) is 28.5 Å². The number of hydrogen-bond donors (Lipinski definition) is 0. The van der Waals surface area contributed by atoms with Gasteiger partial charge in [0.05, 0.1) is 5.75 Å². The van der Waals surface area contributed by atoms with Crippen LogP contribution in [0.25, 0.3) is 0 Å². The fourth-order valence-electron chi connectivity index (χ4n) is 1.70. The van der Waals surface area contributed by atoms with E-state index in [1.807, 2.05) is 19.9 Å². The Labute approximate surface area is 111 Å². The molecule has 0 fully saturated rings. The fourth-order valence-corrected chi connectivity index (χ4v) is 3.41. The molecule has 4 nitrogen and oxygen atoms in total. The molecule has 96 valence electrons. The lowest BCUT2D eigenvalue weighted by Gasteiger charge is -2.26. The third-order valence-corrected chi connectivity index (χ3v) is 5.13. The molecule has 0 unspecified atom stereocenters. The highest BCUT2D eigenvalue weighted by atomic mass is 79.9. The zero-order chi connectivity index (χ0) is 13.1. The lowest BCUT2D eigenvalue weighted by molar-refractivity contribution is 0.357. The van der Waals surface area contributed by atoms with Crippen LogP contribution in [0.2, 0.25) is 0 Å². The van der Waals surface area contributed by atoms with E-state index in [4.69, 9.17) is 0 Å². The maximum atomic E-state index is 11.9. The third-order valence-electron chi connectivity index (χ3n) is 2.67. The van der Waals surface area contributed by atoms with E-state index in [0.717, 1.165) is 10.0 Å². The van der Waals surface area contributed by atoms with Crippen molar-refractivity contribution >= 4 is 26.0 Å². The Morgan fingerprint density at radius 2 is 2.06 bits per heavy atom. The highest BCUT2D eigenvalue weighted by Gasteiger charge is 2.25. The number of hydrogen-bond acceptors (Lipinski definition) is 3. The van der Waals surface area contributed by atoms with Crippen LogP contribution in [-0.4, -0.2) is 30.0 Å². The van der Waals surface area contributed by atoms with Crippen molar-refractivity contribution in [1.82, 2.24) is 9.29 Å². The first-order chi connectivity index (χ1) is 7.92. The summed E-state index contributed by atoms with van der Waals surface area (Å²) in [6.45, 7) is 5.84. The van der Waals surface area contributed by atoms with Gasteiger partial charge >= 0.3 is 0 Å². The molecule has 0 N–H and O–H groups in total. The molecular formula is C11H17BrN2O2S. The quantitative estimate of drug-likeness (QED) is 0.837. The molecule has 0 aromatic carbocycles. The molecule has 1 aromatic rings. The molecule has 17 heavy (non-hydrogen) atoms. The third kappa shape index (κ3) is 3.50. The zero-order valence-electron chi connectivity index (χ0n) is 10.2. The minimum atomic E-state index is -3.18. The van der Waals surface area contributed by atoms with Gasteiger partial charge in [-0.2, -0.15) is 4.31 Å². The van der Waals surface area contributed by atoms with E-state index in [2.05, 4.69) is 20.9 Å². The largest absolute Gasteiger partial charge is 0.263 e. The topological polar surface area (TPSA) is 50.3 Å². The zero-order valence-corrected chi connectivity index (χ0v) is 12.6. The standard InChI is InChI=1S/C11H17BrN2O2S/c1-4-14(17(15,16)5-2)9(3)10-6-11(12)8-13-7-10/h6-9H,4-5H2,1-3H3/t9-/m1/s1. The monoisotopic (exact) mass is 320 g/mol. The van der Waals surface area contributed by atoms with E-state index in [9.17, 15) is 8.42 Å². The summed E-state index contributed by atoms with van der Waals surface area (Å²) in [4.78, 5) is 4.06. The molecule has 0 saturated heterocycles. The molecule has 0 bridgehead atoms. The van der Waals surface area contributed by atoms with Crippen LogP contribution in [0.1, 0.15) is 32.4 Å². The highest BCUT2D eigenvalue weighted by Crippen LogP contribution is 2.24. The second-order valence-electron chi connectivity index (χ2n) is 3.72. The van der Waals surface area contributed by atoms with Gasteiger partial charge in [-0.15, -0.1) is 0 Å². The first-order valence-corrected chi connectivity index (χ1v) is 7.92. The predicted octanol–water partition coefficient (Wildman–Crippen LogP) is 2.58. The van der Waals surface area contributed by atoms with E-state index in [-0.39, 0.29) is 11.8 Å². The second-order valence-corrected chi connectivity index (χ2v) is 6.84. The van der Waals surface area contributed by atoms with Crippen LogP contribution in [0.4, 0.5) is 0 Å². The van der Waals surface area contributed by atoms with Crippen molar-refractivity contribution in [3.63, 3.8) is 0 Å². The first-order valence-electron chi connectivity index (χ1n) is 5.52. The molecule has 6 heteroatoms. The first kappa shape index (κ1) is 14.6. The smallest absolute Gasteiger partial charge is 0.214 e. The molecule has 0 amide bonds. The number of rotatable bonds is 5. The van der Waals surface area contributed by atoms with Crippen LogP contribution in [0, 0.1) is 0 Å². The SMILES string of the molecule is CCN([C@H](C)c1cncc(Br)c1)S(=O)(=O)CC. The molecule has 1 atom stereocenters. The molecular weight excluding hydrogens is 304 g/mol. The Bertz CT molecular complexity index is 476. The van der Waals surface area contributed by atoms with Crippen LogP contribution >= 0.6 is 15.9 Å². The van der Waals surface area contributed by atoms with E-state index < -0.39 is 10.0 Å². The van der Waals surface area contributed by atoms with Crippen LogP contribution in [0.3, 0.4) is 0 Å². The van der Waals surface area contributed by atoms with Gasteiger partial charge in [0, 0.05) is 29.5 Å². The number of halogens is 1. The average molecular weight is 321 g/mol. The summed E-state index contributed by atoms with van der Waals surface area (Å²) < 4.78 is 26.2. The van der Waals surface area contributed by atoms with E-state index in [1.54, 1.807) is 19.3 Å². The van der Waals surface area contributed by atoms with Gasteiger partial charge in [-0.1, -0.05) is 6.92 Å². The number of sulfonamides is 1. The minimum Gasteiger partial charge on any atom is -0.263 e. The average Bonchev–Trinajstić information content (AvgIpc) is 2.29. The molecule has 0 saturated carbocycles. The Morgan fingerprint density at radius 1 is 1.41 bits per heavy atom. The van der Waals surface area contributed by atoms with Crippen molar-refractivity contribution in [2.24, 2.45) is 0 Å². The van der Waals surface area contributed by atoms with Gasteiger partial charge in [0.25, 0.3) is 0 Å². The van der Waals surface area contributed by atoms with Gasteiger partial charge in [-0.3, -0.25) is 4.98 Å². The van der Waals surface area contributed by atoms with Crippen LogP contribution in [-0.2, 0) is 10.0 Å². The van der Waals surface area contributed by atoms with Gasteiger partial charge in [0.15, 0.2) is 0 Å². The molecule has 0 radical (unpaired) electrons. The number of nitrogens with zero attached hydrogens (tertiary/aromatic N) is 2. The summed E-state index contributed by atoms with van der Waals surface area (Å²) in [5, 5.41) is 0. The molecule has 0 spiro atoms. The van der Waals surface area contributed by atoms with E-state index in [0.29, 0.717) is 6.54 Å². The van der Waals surface area contributed by atoms with Crippen LogP contribution in [0.15, 0.2) is 22.9 Å². The summed E-state index contributed by atoms with van der Waals surface area (Å²) in [6.07, 6.45) is 3.38. The summed E-state index contributed by atoms with van der Waals surface area (Å²) in [6, 6.07) is 1.70.